The lowest BCUT2D eigenvalue weighted by atomic mass is 9.97. The Hall–Kier alpha value is -2.28. The first-order valence-electron chi connectivity index (χ1n) is 8.48. The number of aromatic nitrogens is 4. The lowest BCUT2D eigenvalue weighted by Gasteiger charge is -2.31. The van der Waals surface area contributed by atoms with Crippen LogP contribution >= 0.6 is 0 Å². The summed E-state index contributed by atoms with van der Waals surface area (Å²) in [5.41, 5.74) is 0.937. The quantitative estimate of drug-likeness (QED) is 0.865. The molecule has 3 rings (SSSR count). The predicted octanol–water partition coefficient (Wildman–Crippen LogP) is 1.35. The summed E-state index contributed by atoms with van der Waals surface area (Å²) in [6.45, 7) is 2.32. The zero-order valence-electron chi connectivity index (χ0n) is 13.7. The second-order valence-electron chi connectivity index (χ2n) is 6.19. The number of aliphatic hydroxyl groups excluding tert-OH is 1. The molecule has 2 heterocycles. The number of aliphatic hydroxyl groups is 1. The molecule has 0 unspecified atom stereocenters. The zero-order chi connectivity index (χ0) is 16.8. The van der Waals surface area contributed by atoms with E-state index >= 15 is 0 Å². The molecule has 1 aromatic carbocycles. The number of benzene rings is 1. The molecule has 1 aliphatic rings. The molecule has 0 aliphatic carbocycles. The number of piperidine rings is 1. The molecule has 7 heteroatoms. The van der Waals surface area contributed by atoms with Crippen LogP contribution in [0.3, 0.4) is 0 Å². The highest BCUT2D eigenvalue weighted by Crippen LogP contribution is 2.17. The van der Waals surface area contributed by atoms with Gasteiger partial charge in [0.05, 0.1) is 6.54 Å². The number of rotatable bonds is 6. The number of nitrogens with zero attached hydrogens (tertiary/aromatic N) is 5. The highest BCUT2D eigenvalue weighted by atomic mass is 16.3. The fraction of sp³-hybridized carbons (Fsp3) is 0.529. The van der Waals surface area contributed by atoms with E-state index in [2.05, 4.69) is 15.4 Å². The molecule has 24 heavy (non-hydrogen) atoms. The maximum Gasteiger partial charge on any atom is 0.222 e. The number of carbonyl (C=O) groups is 1. The van der Waals surface area contributed by atoms with E-state index in [0.29, 0.717) is 31.1 Å². The van der Waals surface area contributed by atoms with Gasteiger partial charge in [0, 0.05) is 31.7 Å². The molecular formula is C17H23N5O2. The molecule has 1 aliphatic heterocycles. The number of aryl methyl sites for hydroxylation is 1. The van der Waals surface area contributed by atoms with E-state index in [4.69, 9.17) is 5.11 Å². The van der Waals surface area contributed by atoms with E-state index in [9.17, 15) is 4.79 Å². The summed E-state index contributed by atoms with van der Waals surface area (Å²) < 4.78 is 0. The van der Waals surface area contributed by atoms with E-state index in [0.717, 1.165) is 31.5 Å². The third kappa shape index (κ3) is 4.17. The number of carbonyl (C=O) groups excluding carboxylic acids is 1. The van der Waals surface area contributed by atoms with E-state index in [-0.39, 0.29) is 12.5 Å². The first kappa shape index (κ1) is 16.6. The van der Waals surface area contributed by atoms with Crippen molar-refractivity contribution >= 4 is 5.91 Å². The standard InChI is InChI=1S/C17H23N5O2/c23-13-14-8-11-21(12-9-14)16(24)7-4-10-22-19-17(18-20-22)15-5-2-1-3-6-15/h1-3,5-6,14,23H,4,7-13H2. The first-order chi connectivity index (χ1) is 11.8. The van der Waals surface area contributed by atoms with Crippen LogP contribution in [0.1, 0.15) is 25.7 Å². The van der Waals surface area contributed by atoms with Crippen molar-refractivity contribution in [3.8, 4) is 11.4 Å². The molecular weight excluding hydrogens is 306 g/mol. The van der Waals surface area contributed by atoms with Crippen molar-refractivity contribution in [3.63, 3.8) is 0 Å². The highest BCUT2D eigenvalue weighted by molar-refractivity contribution is 5.76. The summed E-state index contributed by atoms with van der Waals surface area (Å²) in [5.74, 6) is 1.13. The van der Waals surface area contributed by atoms with Gasteiger partial charge < -0.3 is 10.0 Å². The normalized spacial score (nSPS) is 15.6. The smallest absolute Gasteiger partial charge is 0.222 e. The van der Waals surface area contributed by atoms with Gasteiger partial charge in [-0.1, -0.05) is 30.3 Å². The number of amides is 1. The summed E-state index contributed by atoms with van der Waals surface area (Å²) in [6, 6.07) is 9.72. The van der Waals surface area contributed by atoms with Crippen LogP contribution in [-0.4, -0.2) is 55.8 Å². The molecule has 128 valence electrons. The van der Waals surface area contributed by atoms with Gasteiger partial charge in [-0.2, -0.15) is 4.80 Å². The second kappa shape index (κ2) is 8.01. The Labute approximate surface area is 141 Å². The van der Waals surface area contributed by atoms with Crippen LogP contribution in [0.15, 0.2) is 30.3 Å². The van der Waals surface area contributed by atoms with Gasteiger partial charge in [-0.05, 0) is 30.4 Å². The van der Waals surface area contributed by atoms with Crippen LogP contribution in [0.25, 0.3) is 11.4 Å². The summed E-state index contributed by atoms with van der Waals surface area (Å²) in [5, 5.41) is 21.6. The number of tetrazole rings is 1. The van der Waals surface area contributed by atoms with Crippen LogP contribution in [0.4, 0.5) is 0 Å². The molecule has 1 fully saturated rings. The van der Waals surface area contributed by atoms with E-state index in [1.165, 1.54) is 0 Å². The minimum atomic E-state index is 0.176. The summed E-state index contributed by atoms with van der Waals surface area (Å²) in [4.78, 5) is 15.7. The Balaban J connectivity index is 1.44. The van der Waals surface area contributed by atoms with Crippen molar-refractivity contribution in [1.29, 1.82) is 0 Å². The second-order valence-corrected chi connectivity index (χ2v) is 6.19. The van der Waals surface area contributed by atoms with Crippen LogP contribution in [0, 0.1) is 5.92 Å². The van der Waals surface area contributed by atoms with Gasteiger partial charge in [0.2, 0.25) is 11.7 Å². The third-order valence-corrected chi connectivity index (χ3v) is 4.46. The van der Waals surface area contributed by atoms with Gasteiger partial charge in [0.15, 0.2) is 0 Å². The van der Waals surface area contributed by atoms with Gasteiger partial charge in [-0.3, -0.25) is 4.79 Å². The molecule has 0 atom stereocenters. The average molecular weight is 329 g/mol. The first-order valence-corrected chi connectivity index (χ1v) is 8.48. The zero-order valence-corrected chi connectivity index (χ0v) is 13.7. The summed E-state index contributed by atoms with van der Waals surface area (Å²) in [7, 11) is 0. The number of hydrogen-bond acceptors (Lipinski definition) is 5. The summed E-state index contributed by atoms with van der Waals surface area (Å²) >= 11 is 0. The van der Waals surface area contributed by atoms with E-state index in [1.807, 2.05) is 35.2 Å². The molecule has 0 spiro atoms. The Bertz CT molecular complexity index is 650. The van der Waals surface area contributed by atoms with Crippen LogP contribution in [0.5, 0.6) is 0 Å². The maximum atomic E-state index is 12.2. The number of likely N-dealkylation sites (tertiary alicyclic amines) is 1. The molecule has 0 saturated carbocycles. The highest BCUT2D eigenvalue weighted by Gasteiger charge is 2.21. The van der Waals surface area contributed by atoms with Crippen molar-refractivity contribution in [2.45, 2.75) is 32.2 Å². The average Bonchev–Trinajstić information content (AvgIpc) is 3.11. The molecule has 0 radical (unpaired) electrons. The maximum absolute atomic E-state index is 12.2. The molecule has 1 aromatic heterocycles. The largest absolute Gasteiger partial charge is 0.396 e. The minimum Gasteiger partial charge on any atom is -0.396 e. The van der Waals surface area contributed by atoms with Gasteiger partial charge >= 0.3 is 0 Å². The lowest BCUT2D eigenvalue weighted by Crippen LogP contribution is -2.39. The molecule has 0 bridgehead atoms. The molecule has 1 N–H and O–H groups in total. The number of hydrogen-bond donors (Lipinski definition) is 1. The van der Waals surface area contributed by atoms with Crippen molar-refractivity contribution in [3.05, 3.63) is 30.3 Å². The van der Waals surface area contributed by atoms with Crippen molar-refractivity contribution in [2.24, 2.45) is 5.92 Å². The lowest BCUT2D eigenvalue weighted by molar-refractivity contribution is -0.132. The van der Waals surface area contributed by atoms with Crippen LogP contribution in [-0.2, 0) is 11.3 Å². The van der Waals surface area contributed by atoms with Gasteiger partial charge in [0.1, 0.15) is 0 Å². The van der Waals surface area contributed by atoms with Crippen molar-refractivity contribution in [2.75, 3.05) is 19.7 Å². The SMILES string of the molecule is O=C(CCCn1nnc(-c2ccccc2)n1)N1CCC(CO)CC1. The topological polar surface area (TPSA) is 84.1 Å². The van der Waals surface area contributed by atoms with E-state index in [1.54, 1.807) is 4.80 Å². The fourth-order valence-corrected chi connectivity index (χ4v) is 2.94. The van der Waals surface area contributed by atoms with Crippen molar-refractivity contribution in [1.82, 2.24) is 25.1 Å². The minimum absolute atomic E-state index is 0.176. The van der Waals surface area contributed by atoms with Crippen LogP contribution < -0.4 is 0 Å². The van der Waals surface area contributed by atoms with Gasteiger partial charge in [-0.25, -0.2) is 0 Å². The Morgan fingerprint density at radius 2 is 1.96 bits per heavy atom. The summed E-state index contributed by atoms with van der Waals surface area (Å²) in [6.07, 6.45) is 2.98. The third-order valence-electron chi connectivity index (χ3n) is 4.46. The van der Waals surface area contributed by atoms with Crippen molar-refractivity contribution < 1.29 is 9.90 Å². The molecule has 1 amide bonds. The Kier molecular flexibility index (Phi) is 5.53. The van der Waals surface area contributed by atoms with Gasteiger partial charge in [-0.15, -0.1) is 10.2 Å². The Morgan fingerprint density at radius 3 is 2.67 bits per heavy atom. The van der Waals surface area contributed by atoms with E-state index < -0.39 is 0 Å². The Morgan fingerprint density at radius 1 is 1.21 bits per heavy atom. The molecule has 7 nitrogen and oxygen atoms in total. The predicted molar refractivity (Wildman–Crippen MR) is 88.9 cm³/mol. The fourth-order valence-electron chi connectivity index (χ4n) is 2.94. The van der Waals surface area contributed by atoms with Crippen LogP contribution in [0.2, 0.25) is 0 Å². The molecule has 1 saturated heterocycles. The van der Waals surface area contributed by atoms with Gasteiger partial charge in [0.25, 0.3) is 0 Å². The monoisotopic (exact) mass is 329 g/mol. The molecule has 2 aromatic rings.